The van der Waals surface area contributed by atoms with Crippen LogP contribution in [0, 0.1) is 0 Å². The summed E-state index contributed by atoms with van der Waals surface area (Å²) in [5.41, 5.74) is 6.44. The predicted molar refractivity (Wildman–Crippen MR) is 64.3 cm³/mol. The molecular weight excluding hydrogens is 210 g/mol. The Labute approximate surface area is 95.2 Å². The van der Waals surface area contributed by atoms with Gasteiger partial charge < -0.3 is 10.6 Å². The summed E-state index contributed by atoms with van der Waals surface area (Å²) in [4.78, 5) is 6.60. The van der Waals surface area contributed by atoms with Crippen molar-refractivity contribution in [3.8, 4) is 0 Å². The molecule has 0 radical (unpaired) electrons. The van der Waals surface area contributed by atoms with Crippen LogP contribution < -0.4 is 10.6 Å². The van der Waals surface area contributed by atoms with Gasteiger partial charge in [0.25, 0.3) is 0 Å². The van der Waals surface area contributed by atoms with Gasteiger partial charge in [0.1, 0.15) is 11.0 Å². The number of nitrogen functional groups attached to an aromatic ring is 1. The Balaban J connectivity index is 2.27. The molecule has 1 unspecified atom stereocenters. The van der Waals surface area contributed by atoms with Crippen molar-refractivity contribution in [3.63, 3.8) is 0 Å². The Hall–Kier alpha value is -0.960. The zero-order valence-electron chi connectivity index (χ0n) is 8.91. The number of pyridine rings is 1. The molecule has 2 heterocycles. The standard InChI is InChI=1S/C11H16ClN3/c1-8-4-2-3-5-15(8)11-7-9(13)6-10(12)14-11/h6-8H,2-5H2,1H3,(H2,13,14). The molecule has 2 rings (SSSR count). The molecule has 1 aromatic rings. The number of nitrogens with two attached hydrogens (primary N) is 1. The molecule has 4 heteroatoms. The van der Waals surface area contributed by atoms with Gasteiger partial charge in [0.2, 0.25) is 0 Å². The molecule has 0 aromatic carbocycles. The van der Waals surface area contributed by atoms with E-state index in [1.54, 1.807) is 6.07 Å². The summed E-state index contributed by atoms with van der Waals surface area (Å²) < 4.78 is 0. The molecular formula is C11H16ClN3. The molecule has 82 valence electrons. The van der Waals surface area contributed by atoms with Crippen molar-refractivity contribution >= 4 is 23.1 Å². The van der Waals surface area contributed by atoms with Gasteiger partial charge in [-0.15, -0.1) is 0 Å². The van der Waals surface area contributed by atoms with Crippen LogP contribution in [-0.4, -0.2) is 17.6 Å². The molecule has 0 spiro atoms. The Kier molecular flexibility index (Phi) is 3.00. The molecule has 0 bridgehead atoms. The van der Waals surface area contributed by atoms with Crippen LogP contribution in [0.3, 0.4) is 0 Å². The fraction of sp³-hybridized carbons (Fsp3) is 0.545. The Bertz CT molecular complexity index is 333. The van der Waals surface area contributed by atoms with Crippen molar-refractivity contribution in [1.82, 2.24) is 4.98 Å². The molecule has 1 aliphatic heterocycles. The maximum atomic E-state index is 5.90. The van der Waals surface area contributed by atoms with Crippen molar-refractivity contribution in [2.75, 3.05) is 17.2 Å². The van der Waals surface area contributed by atoms with E-state index in [9.17, 15) is 0 Å². The van der Waals surface area contributed by atoms with Crippen LogP contribution >= 0.6 is 11.6 Å². The van der Waals surface area contributed by atoms with Gasteiger partial charge in [-0.3, -0.25) is 0 Å². The zero-order chi connectivity index (χ0) is 10.8. The van der Waals surface area contributed by atoms with Crippen molar-refractivity contribution < 1.29 is 0 Å². The van der Waals surface area contributed by atoms with Crippen LogP contribution in [0.2, 0.25) is 5.15 Å². The molecule has 1 saturated heterocycles. The third-order valence-electron chi connectivity index (χ3n) is 2.90. The Morgan fingerprint density at radius 3 is 2.93 bits per heavy atom. The minimum absolute atomic E-state index is 0.475. The number of rotatable bonds is 1. The highest BCUT2D eigenvalue weighted by atomic mass is 35.5. The van der Waals surface area contributed by atoms with Crippen LogP contribution in [0.4, 0.5) is 11.5 Å². The zero-order valence-corrected chi connectivity index (χ0v) is 9.67. The molecule has 1 aromatic heterocycles. The third-order valence-corrected chi connectivity index (χ3v) is 3.09. The average Bonchev–Trinajstić information content (AvgIpc) is 2.16. The van der Waals surface area contributed by atoms with Crippen LogP contribution in [0.1, 0.15) is 26.2 Å². The lowest BCUT2D eigenvalue weighted by Gasteiger charge is -2.34. The van der Waals surface area contributed by atoms with E-state index >= 15 is 0 Å². The van der Waals surface area contributed by atoms with Gasteiger partial charge in [0.15, 0.2) is 0 Å². The highest BCUT2D eigenvalue weighted by Crippen LogP contribution is 2.26. The second-order valence-electron chi connectivity index (χ2n) is 4.12. The molecule has 1 atom stereocenters. The first kappa shape index (κ1) is 10.6. The monoisotopic (exact) mass is 225 g/mol. The van der Waals surface area contributed by atoms with Crippen molar-refractivity contribution in [1.29, 1.82) is 0 Å². The predicted octanol–water partition coefficient (Wildman–Crippen LogP) is 2.70. The van der Waals surface area contributed by atoms with Crippen LogP contribution in [0.25, 0.3) is 0 Å². The third kappa shape index (κ3) is 2.34. The van der Waals surface area contributed by atoms with E-state index in [-0.39, 0.29) is 0 Å². The molecule has 0 saturated carbocycles. The average molecular weight is 226 g/mol. The molecule has 3 nitrogen and oxygen atoms in total. The first-order valence-corrected chi connectivity index (χ1v) is 5.74. The fourth-order valence-corrected chi connectivity index (χ4v) is 2.30. The SMILES string of the molecule is CC1CCCCN1c1cc(N)cc(Cl)n1. The van der Waals surface area contributed by atoms with E-state index in [1.165, 1.54) is 19.3 Å². The largest absolute Gasteiger partial charge is 0.399 e. The van der Waals surface area contributed by atoms with E-state index in [2.05, 4.69) is 16.8 Å². The number of nitrogens with zero attached hydrogens (tertiary/aromatic N) is 2. The van der Waals surface area contributed by atoms with E-state index in [0.29, 0.717) is 16.9 Å². The van der Waals surface area contributed by atoms with Crippen LogP contribution in [0.5, 0.6) is 0 Å². The Morgan fingerprint density at radius 2 is 2.27 bits per heavy atom. The highest BCUT2D eigenvalue weighted by Gasteiger charge is 2.19. The second-order valence-corrected chi connectivity index (χ2v) is 4.51. The molecule has 0 aliphatic carbocycles. The van der Waals surface area contributed by atoms with Gasteiger partial charge in [-0.05, 0) is 32.3 Å². The lowest BCUT2D eigenvalue weighted by molar-refractivity contribution is 0.481. The van der Waals surface area contributed by atoms with Gasteiger partial charge in [0, 0.05) is 24.3 Å². The van der Waals surface area contributed by atoms with Crippen molar-refractivity contribution in [2.24, 2.45) is 0 Å². The number of halogens is 1. The highest BCUT2D eigenvalue weighted by molar-refractivity contribution is 6.29. The lowest BCUT2D eigenvalue weighted by atomic mass is 10.0. The van der Waals surface area contributed by atoms with Gasteiger partial charge >= 0.3 is 0 Å². The number of hydrogen-bond donors (Lipinski definition) is 1. The van der Waals surface area contributed by atoms with E-state index < -0.39 is 0 Å². The number of hydrogen-bond acceptors (Lipinski definition) is 3. The number of anilines is 2. The second kappa shape index (κ2) is 4.27. The van der Waals surface area contributed by atoms with Crippen LogP contribution in [-0.2, 0) is 0 Å². The summed E-state index contributed by atoms with van der Waals surface area (Å²) in [6.45, 7) is 3.27. The van der Waals surface area contributed by atoms with E-state index in [0.717, 1.165) is 12.4 Å². The summed E-state index contributed by atoms with van der Waals surface area (Å²) in [5, 5.41) is 0.475. The normalized spacial score (nSPS) is 21.7. The number of piperidine rings is 1. The molecule has 1 aliphatic rings. The van der Waals surface area contributed by atoms with Gasteiger partial charge in [-0.2, -0.15) is 0 Å². The first-order chi connectivity index (χ1) is 7.16. The van der Waals surface area contributed by atoms with Crippen LogP contribution in [0.15, 0.2) is 12.1 Å². The van der Waals surface area contributed by atoms with E-state index in [4.69, 9.17) is 17.3 Å². The first-order valence-electron chi connectivity index (χ1n) is 5.36. The van der Waals surface area contributed by atoms with Crippen molar-refractivity contribution in [2.45, 2.75) is 32.2 Å². The van der Waals surface area contributed by atoms with Gasteiger partial charge in [0.05, 0.1) is 0 Å². The molecule has 1 fully saturated rings. The van der Waals surface area contributed by atoms with E-state index in [1.807, 2.05) is 6.07 Å². The van der Waals surface area contributed by atoms with Gasteiger partial charge in [-0.25, -0.2) is 4.98 Å². The summed E-state index contributed by atoms with van der Waals surface area (Å²) >= 11 is 5.90. The molecule has 15 heavy (non-hydrogen) atoms. The number of aromatic nitrogens is 1. The maximum absolute atomic E-state index is 5.90. The summed E-state index contributed by atoms with van der Waals surface area (Å²) in [6, 6.07) is 4.11. The quantitative estimate of drug-likeness (QED) is 0.748. The lowest BCUT2D eigenvalue weighted by Crippen LogP contribution is -2.38. The fourth-order valence-electron chi connectivity index (χ4n) is 2.09. The Morgan fingerprint density at radius 1 is 1.47 bits per heavy atom. The molecule has 0 amide bonds. The topological polar surface area (TPSA) is 42.1 Å². The summed E-state index contributed by atoms with van der Waals surface area (Å²) in [5.74, 6) is 0.909. The molecule has 2 N–H and O–H groups in total. The summed E-state index contributed by atoms with van der Waals surface area (Å²) in [7, 11) is 0. The van der Waals surface area contributed by atoms with Crippen molar-refractivity contribution in [3.05, 3.63) is 17.3 Å². The summed E-state index contributed by atoms with van der Waals surface area (Å²) in [6.07, 6.45) is 3.74. The minimum atomic E-state index is 0.475. The maximum Gasteiger partial charge on any atom is 0.133 e. The smallest absolute Gasteiger partial charge is 0.133 e. The van der Waals surface area contributed by atoms with Gasteiger partial charge in [-0.1, -0.05) is 11.6 Å². The minimum Gasteiger partial charge on any atom is -0.399 e.